The van der Waals surface area contributed by atoms with Crippen molar-refractivity contribution in [3.05, 3.63) is 0 Å². The molecule has 4 nitrogen and oxygen atoms in total. The Kier molecular flexibility index (Phi) is 3.13. The van der Waals surface area contributed by atoms with E-state index in [4.69, 9.17) is 0 Å². The number of rotatable bonds is 3. The van der Waals surface area contributed by atoms with Crippen LogP contribution in [0.25, 0.3) is 0 Å². The zero-order chi connectivity index (χ0) is 10.8. The summed E-state index contributed by atoms with van der Waals surface area (Å²) < 4.78 is 0. The summed E-state index contributed by atoms with van der Waals surface area (Å²) in [5, 5.41) is 2.55. The van der Waals surface area contributed by atoms with Crippen LogP contribution in [-0.4, -0.2) is 35.3 Å². The molecule has 0 atom stereocenters. The topological polar surface area (TPSA) is 49.4 Å². The molecule has 1 aliphatic rings. The molecule has 0 bridgehead atoms. The number of carbonyl (C=O) groups excluding carboxylic acids is 2. The Labute approximate surface area is 84.7 Å². The molecule has 0 aliphatic carbocycles. The van der Waals surface area contributed by atoms with E-state index in [0.29, 0.717) is 0 Å². The van der Waals surface area contributed by atoms with Crippen molar-refractivity contribution in [2.75, 3.05) is 13.1 Å². The van der Waals surface area contributed by atoms with Gasteiger partial charge in [-0.3, -0.25) is 9.59 Å². The second kappa shape index (κ2) is 3.98. The predicted molar refractivity (Wildman–Crippen MR) is 53.7 cm³/mol. The van der Waals surface area contributed by atoms with E-state index in [1.54, 1.807) is 4.90 Å². The summed E-state index contributed by atoms with van der Waals surface area (Å²) in [5.41, 5.74) is -0.172. The zero-order valence-corrected chi connectivity index (χ0v) is 9.09. The van der Waals surface area contributed by atoms with E-state index in [-0.39, 0.29) is 30.4 Å². The maximum Gasteiger partial charge on any atom is 0.242 e. The minimum Gasteiger partial charge on any atom is -0.345 e. The number of hydrogen-bond donors (Lipinski definition) is 1. The van der Waals surface area contributed by atoms with Crippen LogP contribution in [-0.2, 0) is 9.59 Å². The molecule has 1 N–H and O–H groups in total. The van der Waals surface area contributed by atoms with Crippen molar-refractivity contribution in [3.63, 3.8) is 0 Å². The van der Waals surface area contributed by atoms with E-state index in [0.717, 1.165) is 12.8 Å². The molecule has 0 aromatic heterocycles. The van der Waals surface area contributed by atoms with Crippen LogP contribution < -0.4 is 5.32 Å². The van der Waals surface area contributed by atoms with Crippen LogP contribution >= 0.6 is 0 Å². The van der Waals surface area contributed by atoms with Gasteiger partial charge in [0, 0.05) is 5.54 Å². The lowest BCUT2D eigenvalue weighted by Gasteiger charge is -2.42. The third-order valence-electron chi connectivity index (χ3n) is 3.21. The molecule has 0 aromatic carbocycles. The molecule has 1 saturated heterocycles. The van der Waals surface area contributed by atoms with E-state index < -0.39 is 0 Å². The Bertz CT molecular complexity index is 247. The van der Waals surface area contributed by atoms with Crippen molar-refractivity contribution in [3.8, 4) is 0 Å². The van der Waals surface area contributed by atoms with Crippen LogP contribution in [0.3, 0.4) is 0 Å². The fraction of sp³-hybridized carbons (Fsp3) is 0.800. The van der Waals surface area contributed by atoms with Crippen molar-refractivity contribution in [1.82, 2.24) is 10.2 Å². The summed E-state index contributed by atoms with van der Waals surface area (Å²) in [6.45, 7) is 6.47. The first-order valence-electron chi connectivity index (χ1n) is 5.10. The highest BCUT2D eigenvalue weighted by Gasteiger charge is 2.35. The summed E-state index contributed by atoms with van der Waals surface area (Å²) in [6.07, 6.45) is 1.76. The number of amides is 2. The van der Waals surface area contributed by atoms with E-state index in [1.165, 1.54) is 0 Å². The smallest absolute Gasteiger partial charge is 0.242 e. The molecule has 0 aromatic rings. The van der Waals surface area contributed by atoms with Crippen molar-refractivity contribution in [2.45, 2.75) is 39.2 Å². The number of hydrogen-bond acceptors (Lipinski definition) is 2. The zero-order valence-electron chi connectivity index (χ0n) is 9.09. The molecule has 1 heterocycles. The van der Waals surface area contributed by atoms with Gasteiger partial charge >= 0.3 is 0 Å². The summed E-state index contributed by atoms with van der Waals surface area (Å²) in [5.74, 6) is -0.0338. The third-order valence-corrected chi connectivity index (χ3v) is 3.21. The largest absolute Gasteiger partial charge is 0.345 e. The Balaban J connectivity index is 2.82. The molecule has 1 rings (SSSR count). The van der Waals surface area contributed by atoms with Gasteiger partial charge in [0.15, 0.2) is 0 Å². The van der Waals surface area contributed by atoms with Crippen molar-refractivity contribution in [2.24, 2.45) is 0 Å². The molecule has 1 fully saturated rings. The maximum atomic E-state index is 11.6. The average molecular weight is 198 g/mol. The molecule has 0 radical (unpaired) electrons. The average Bonchev–Trinajstić information content (AvgIpc) is 2.20. The quantitative estimate of drug-likeness (QED) is 0.719. The highest BCUT2D eigenvalue weighted by atomic mass is 16.2. The van der Waals surface area contributed by atoms with Crippen molar-refractivity contribution >= 4 is 11.8 Å². The number of nitrogens with zero attached hydrogens (tertiary/aromatic N) is 1. The van der Waals surface area contributed by atoms with Gasteiger partial charge in [0.1, 0.15) is 6.54 Å². The lowest BCUT2D eigenvalue weighted by atomic mass is 9.92. The van der Waals surface area contributed by atoms with Crippen LogP contribution in [0.15, 0.2) is 0 Å². The van der Waals surface area contributed by atoms with Crippen LogP contribution in [0.4, 0.5) is 0 Å². The molecule has 0 saturated carbocycles. The fourth-order valence-corrected chi connectivity index (χ4v) is 1.68. The van der Waals surface area contributed by atoms with Gasteiger partial charge in [-0.25, -0.2) is 0 Å². The Hall–Kier alpha value is -1.06. The maximum absolute atomic E-state index is 11.6. The van der Waals surface area contributed by atoms with Crippen LogP contribution in [0.2, 0.25) is 0 Å². The fourth-order valence-electron chi connectivity index (χ4n) is 1.68. The Morgan fingerprint density at radius 3 is 2.43 bits per heavy atom. The van der Waals surface area contributed by atoms with Gasteiger partial charge in [0.05, 0.1) is 6.54 Å². The van der Waals surface area contributed by atoms with E-state index in [9.17, 15) is 9.59 Å². The molecule has 1 aliphatic heterocycles. The second-order valence-electron chi connectivity index (χ2n) is 3.96. The first-order chi connectivity index (χ1) is 6.53. The van der Waals surface area contributed by atoms with E-state index in [1.807, 2.05) is 20.8 Å². The number of carbonyl (C=O) groups is 2. The third kappa shape index (κ3) is 1.89. The Morgan fingerprint density at radius 2 is 1.93 bits per heavy atom. The van der Waals surface area contributed by atoms with Gasteiger partial charge < -0.3 is 10.2 Å². The van der Waals surface area contributed by atoms with Gasteiger partial charge in [-0.15, -0.1) is 0 Å². The van der Waals surface area contributed by atoms with E-state index >= 15 is 0 Å². The van der Waals surface area contributed by atoms with Crippen molar-refractivity contribution in [1.29, 1.82) is 0 Å². The summed E-state index contributed by atoms with van der Waals surface area (Å²) in [7, 11) is 0. The Morgan fingerprint density at radius 1 is 1.36 bits per heavy atom. The minimum absolute atomic E-state index is 0.0239. The normalized spacial score (nSPS) is 18.4. The molecular weight excluding hydrogens is 180 g/mol. The summed E-state index contributed by atoms with van der Waals surface area (Å²) >= 11 is 0. The SMILES string of the molecule is CCC(C)(CC)N1CC(=O)NCC1=O. The molecule has 0 spiro atoms. The summed E-state index contributed by atoms with van der Waals surface area (Å²) in [6, 6.07) is 0. The molecular formula is C10H18N2O2. The van der Waals surface area contributed by atoms with Crippen LogP contribution in [0, 0.1) is 0 Å². The van der Waals surface area contributed by atoms with Crippen LogP contribution in [0.1, 0.15) is 33.6 Å². The monoisotopic (exact) mass is 198 g/mol. The molecule has 0 unspecified atom stereocenters. The highest BCUT2D eigenvalue weighted by molar-refractivity contribution is 5.92. The molecule has 4 heteroatoms. The number of piperazine rings is 1. The lowest BCUT2D eigenvalue weighted by molar-refractivity contribution is -0.146. The van der Waals surface area contributed by atoms with Gasteiger partial charge in [-0.05, 0) is 19.8 Å². The molecule has 2 amide bonds. The van der Waals surface area contributed by atoms with Crippen molar-refractivity contribution < 1.29 is 9.59 Å². The molecule has 80 valence electrons. The predicted octanol–water partition coefficient (Wildman–Crippen LogP) is 0.523. The summed E-state index contributed by atoms with van der Waals surface area (Å²) in [4.78, 5) is 24.5. The van der Waals surface area contributed by atoms with Crippen LogP contribution in [0.5, 0.6) is 0 Å². The van der Waals surface area contributed by atoms with Gasteiger partial charge in [0.2, 0.25) is 11.8 Å². The van der Waals surface area contributed by atoms with Gasteiger partial charge in [-0.1, -0.05) is 13.8 Å². The lowest BCUT2D eigenvalue weighted by Crippen LogP contribution is -2.59. The van der Waals surface area contributed by atoms with Gasteiger partial charge in [-0.2, -0.15) is 0 Å². The minimum atomic E-state index is -0.172. The standard InChI is InChI=1S/C10H18N2O2/c1-4-10(3,5-2)12-7-8(13)11-6-9(12)14/h4-7H2,1-3H3,(H,11,13). The first kappa shape index (κ1) is 11.0. The number of nitrogens with one attached hydrogen (secondary N) is 1. The van der Waals surface area contributed by atoms with E-state index in [2.05, 4.69) is 5.32 Å². The molecule has 14 heavy (non-hydrogen) atoms. The first-order valence-corrected chi connectivity index (χ1v) is 5.10. The van der Waals surface area contributed by atoms with Gasteiger partial charge in [0.25, 0.3) is 0 Å². The second-order valence-corrected chi connectivity index (χ2v) is 3.96. The highest BCUT2D eigenvalue weighted by Crippen LogP contribution is 2.23.